The van der Waals surface area contributed by atoms with Crippen molar-refractivity contribution >= 4 is 22.9 Å². The number of hydrogen-bond donors (Lipinski definition) is 3. The summed E-state index contributed by atoms with van der Waals surface area (Å²) in [7, 11) is 0. The Bertz CT molecular complexity index is 642. The molecule has 0 fully saturated rings. The molecule has 2 heterocycles. The number of nitrogens with two attached hydrogens (primary N) is 1. The fourth-order valence-electron chi connectivity index (χ4n) is 2.03. The van der Waals surface area contributed by atoms with Gasteiger partial charge in [-0.15, -0.1) is 0 Å². The number of aromatic nitrogens is 4. The molecule has 0 saturated heterocycles. The zero-order valence-corrected chi connectivity index (χ0v) is 12.4. The molecule has 0 radical (unpaired) electrons. The van der Waals surface area contributed by atoms with Crippen LogP contribution in [0.2, 0.25) is 0 Å². The third-order valence-electron chi connectivity index (χ3n) is 3.37. The van der Waals surface area contributed by atoms with Gasteiger partial charge in [-0.3, -0.25) is 0 Å². The Morgan fingerprint density at radius 3 is 2.38 bits per heavy atom. The predicted molar refractivity (Wildman–Crippen MR) is 79.5 cm³/mol. The molecule has 0 atom stereocenters. The van der Waals surface area contributed by atoms with E-state index in [-0.39, 0.29) is 18.1 Å². The normalized spacial score (nSPS) is 11.9. The molecule has 2 aromatic rings. The Balaban J connectivity index is 2.69. The maximum absolute atomic E-state index is 9.93. The van der Waals surface area contributed by atoms with Gasteiger partial charge in [0.1, 0.15) is 5.69 Å². The molecule has 8 nitrogen and oxygen atoms in total. The maximum atomic E-state index is 9.93. The number of rotatable bonds is 5. The molecule has 0 amide bonds. The molecule has 0 aromatic carbocycles. The van der Waals surface area contributed by atoms with E-state index in [0.29, 0.717) is 30.1 Å². The monoisotopic (exact) mass is 292 g/mol. The maximum Gasteiger partial charge on any atom is 0.224 e. The summed E-state index contributed by atoms with van der Waals surface area (Å²) >= 11 is 0. The summed E-state index contributed by atoms with van der Waals surface area (Å²) in [6, 6.07) is 0. The summed E-state index contributed by atoms with van der Waals surface area (Å²) in [5.74, 6) is -1.37. The van der Waals surface area contributed by atoms with Crippen LogP contribution in [0, 0.1) is 0 Å². The van der Waals surface area contributed by atoms with E-state index in [4.69, 9.17) is 5.73 Å². The highest BCUT2D eigenvalue weighted by Crippen LogP contribution is 2.25. The van der Waals surface area contributed by atoms with Gasteiger partial charge >= 0.3 is 0 Å². The van der Waals surface area contributed by atoms with Crippen molar-refractivity contribution in [2.45, 2.75) is 33.0 Å². The average molecular weight is 292 g/mol. The Hall–Kier alpha value is -2.06. The number of nitrogens with zero attached hydrogens (tertiary/aromatic N) is 5. The number of anilines is 2. The van der Waals surface area contributed by atoms with Crippen LogP contribution in [0.5, 0.6) is 0 Å². The molecule has 2 aromatic heterocycles. The zero-order chi connectivity index (χ0) is 15.6. The smallest absolute Gasteiger partial charge is 0.224 e. The van der Waals surface area contributed by atoms with Crippen molar-refractivity contribution in [3.05, 3.63) is 11.9 Å². The van der Waals surface area contributed by atoms with Gasteiger partial charge in [-0.1, -0.05) is 6.92 Å². The Morgan fingerprint density at radius 1 is 1.14 bits per heavy atom. The van der Waals surface area contributed by atoms with E-state index in [2.05, 4.69) is 19.9 Å². The lowest BCUT2D eigenvalue weighted by atomic mass is 10.1. The molecule has 0 bridgehead atoms. The first-order valence-electron chi connectivity index (χ1n) is 6.93. The Kier molecular flexibility index (Phi) is 4.19. The highest BCUT2D eigenvalue weighted by Gasteiger charge is 2.27. The molecule has 0 aliphatic carbocycles. The van der Waals surface area contributed by atoms with Crippen molar-refractivity contribution in [1.29, 1.82) is 0 Å². The van der Waals surface area contributed by atoms with Gasteiger partial charge in [-0.05, 0) is 13.8 Å². The SMILES string of the molecule is CCN(CC)c1nc(N)nc2ncc(C(O)(O)CC)nc12. The van der Waals surface area contributed by atoms with Gasteiger partial charge in [0, 0.05) is 19.5 Å². The molecule has 2 rings (SSSR count). The first-order chi connectivity index (χ1) is 9.92. The number of aliphatic hydroxyl groups is 2. The minimum atomic E-state index is -2.02. The highest BCUT2D eigenvalue weighted by molar-refractivity contribution is 5.83. The second kappa shape index (κ2) is 5.74. The van der Waals surface area contributed by atoms with E-state index in [1.54, 1.807) is 6.92 Å². The number of nitrogen functional groups attached to an aromatic ring is 1. The van der Waals surface area contributed by atoms with E-state index in [0.717, 1.165) is 0 Å². The van der Waals surface area contributed by atoms with Crippen molar-refractivity contribution in [1.82, 2.24) is 19.9 Å². The molecule has 0 aliphatic heterocycles. The fourth-order valence-corrected chi connectivity index (χ4v) is 2.03. The van der Waals surface area contributed by atoms with E-state index in [1.807, 2.05) is 18.7 Å². The average Bonchev–Trinajstić information content (AvgIpc) is 2.47. The minimum absolute atomic E-state index is 0.0688. The van der Waals surface area contributed by atoms with Gasteiger partial charge in [0.15, 0.2) is 17.0 Å². The van der Waals surface area contributed by atoms with Crippen LogP contribution < -0.4 is 10.6 Å². The molecule has 0 saturated carbocycles. The summed E-state index contributed by atoms with van der Waals surface area (Å²) in [6.07, 6.45) is 1.40. The zero-order valence-electron chi connectivity index (χ0n) is 12.4. The van der Waals surface area contributed by atoms with E-state index in [1.165, 1.54) is 6.20 Å². The molecule has 0 spiro atoms. The predicted octanol–water partition coefficient (Wildman–Crippen LogP) is 0.396. The lowest BCUT2D eigenvalue weighted by Gasteiger charge is -2.22. The Morgan fingerprint density at radius 2 is 1.81 bits per heavy atom. The lowest BCUT2D eigenvalue weighted by molar-refractivity contribution is -0.174. The third-order valence-corrected chi connectivity index (χ3v) is 3.37. The molecule has 4 N–H and O–H groups in total. The van der Waals surface area contributed by atoms with Crippen LogP contribution in [0.25, 0.3) is 11.2 Å². The molecule has 114 valence electrons. The van der Waals surface area contributed by atoms with Gasteiger partial charge in [0.2, 0.25) is 11.7 Å². The minimum Gasteiger partial charge on any atom is -0.368 e. The van der Waals surface area contributed by atoms with Crippen LogP contribution in [0.4, 0.5) is 11.8 Å². The number of hydrogen-bond acceptors (Lipinski definition) is 8. The van der Waals surface area contributed by atoms with E-state index >= 15 is 0 Å². The molecular weight excluding hydrogens is 272 g/mol. The highest BCUT2D eigenvalue weighted by atomic mass is 16.5. The second-order valence-corrected chi connectivity index (χ2v) is 4.68. The molecular formula is C13H20N6O2. The first kappa shape index (κ1) is 15.3. The van der Waals surface area contributed by atoms with Crippen LogP contribution in [-0.4, -0.2) is 43.2 Å². The van der Waals surface area contributed by atoms with E-state index in [9.17, 15) is 10.2 Å². The third kappa shape index (κ3) is 2.86. The lowest BCUT2D eigenvalue weighted by Crippen LogP contribution is -2.27. The fraction of sp³-hybridized carbons (Fsp3) is 0.538. The molecule has 8 heteroatoms. The van der Waals surface area contributed by atoms with Gasteiger partial charge in [-0.2, -0.15) is 9.97 Å². The molecule has 0 aliphatic rings. The summed E-state index contributed by atoms with van der Waals surface area (Å²) in [5, 5.41) is 19.9. The summed E-state index contributed by atoms with van der Waals surface area (Å²) in [5.41, 5.74) is 6.52. The topological polar surface area (TPSA) is 121 Å². The summed E-state index contributed by atoms with van der Waals surface area (Å²) < 4.78 is 0. The van der Waals surface area contributed by atoms with Crippen molar-refractivity contribution in [3.8, 4) is 0 Å². The quantitative estimate of drug-likeness (QED) is 0.677. The van der Waals surface area contributed by atoms with Crippen LogP contribution in [0.15, 0.2) is 6.20 Å². The van der Waals surface area contributed by atoms with Gasteiger partial charge in [0.25, 0.3) is 0 Å². The van der Waals surface area contributed by atoms with Gasteiger partial charge < -0.3 is 20.8 Å². The van der Waals surface area contributed by atoms with Crippen LogP contribution >= 0.6 is 0 Å². The Labute approximate surface area is 122 Å². The summed E-state index contributed by atoms with van der Waals surface area (Å²) in [4.78, 5) is 18.6. The second-order valence-electron chi connectivity index (χ2n) is 4.68. The standard InChI is InChI=1S/C13H20N6O2/c1-4-13(20,21)8-7-15-10-9(16-8)11(18-12(14)17-10)19(5-2)6-3/h7,20-21H,4-6H2,1-3H3,(H2,14,15,17,18). The first-order valence-corrected chi connectivity index (χ1v) is 6.93. The van der Waals surface area contributed by atoms with Crippen LogP contribution in [0.1, 0.15) is 32.9 Å². The van der Waals surface area contributed by atoms with Crippen molar-refractivity contribution in [2.75, 3.05) is 23.7 Å². The number of fused-ring (bicyclic) bond motifs is 1. The van der Waals surface area contributed by atoms with Crippen LogP contribution in [0.3, 0.4) is 0 Å². The van der Waals surface area contributed by atoms with E-state index < -0.39 is 5.79 Å². The largest absolute Gasteiger partial charge is 0.368 e. The molecule has 0 unspecified atom stereocenters. The van der Waals surface area contributed by atoms with Crippen LogP contribution in [-0.2, 0) is 5.79 Å². The van der Waals surface area contributed by atoms with Gasteiger partial charge in [0.05, 0.1) is 6.20 Å². The van der Waals surface area contributed by atoms with Gasteiger partial charge in [-0.25, -0.2) is 9.97 Å². The van der Waals surface area contributed by atoms with Crippen molar-refractivity contribution in [3.63, 3.8) is 0 Å². The summed E-state index contributed by atoms with van der Waals surface area (Å²) in [6.45, 7) is 7.05. The van der Waals surface area contributed by atoms with Crippen molar-refractivity contribution < 1.29 is 10.2 Å². The van der Waals surface area contributed by atoms with Crippen molar-refractivity contribution in [2.24, 2.45) is 0 Å². The molecule has 21 heavy (non-hydrogen) atoms.